The number of nitro benzene ring substituents is 1. The van der Waals surface area contributed by atoms with E-state index in [1.165, 1.54) is 23.9 Å². The average molecular weight is 319 g/mol. The Bertz CT molecular complexity index is 815. The van der Waals surface area contributed by atoms with Crippen LogP contribution >= 0.6 is 11.8 Å². The van der Waals surface area contributed by atoms with Gasteiger partial charge in [-0.15, -0.1) is 5.10 Å². The summed E-state index contributed by atoms with van der Waals surface area (Å²) in [6, 6.07) is 6.02. The van der Waals surface area contributed by atoms with Crippen molar-refractivity contribution in [3.8, 4) is 11.4 Å². The SMILES string of the molecule is Nc1nc(SCc2nc(-c3cccc([N+](=O)[O-])c3)no2)n[nH]1. The van der Waals surface area contributed by atoms with E-state index in [1.54, 1.807) is 12.1 Å². The van der Waals surface area contributed by atoms with Gasteiger partial charge >= 0.3 is 0 Å². The summed E-state index contributed by atoms with van der Waals surface area (Å²) in [5.41, 5.74) is 5.89. The van der Waals surface area contributed by atoms with Crippen LogP contribution in [0.1, 0.15) is 5.89 Å². The number of nitro groups is 1. The molecule has 10 nitrogen and oxygen atoms in total. The number of nitrogen functional groups attached to an aromatic ring is 1. The van der Waals surface area contributed by atoms with Crippen molar-refractivity contribution >= 4 is 23.4 Å². The minimum atomic E-state index is -0.478. The number of nitrogens with zero attached hydrogens (tertiary/aromatic N) is 5. The van der Waals surface area contributed by atoms with Gasteiger partial charge in [0.15, 0.2) is 0 Å². The van der Waals surface area contributed by atoms with Gasteiger partial charge in [0, 0.05) is 17.7 Å². The van der Waals surface area contributed by atoms with Crippen LogP contribution in [0, 0.1) is 10.1 Å². The topological polar surface area (TPSA) is 150 Å². The van der Waals surface area contributed by atoms with E-state index in [4.69, 9.17) is 10.3 Å². The quantitative estimate of drug-likeness (QED) is 0.406. The molecule has 112 valence electrons. The number of thioether (sulfide) groups is 1. The Kier molecular flexibility index (Phi) is 3.70. The van der Waals surface area contributed by atoms with Crippen LogP contribution in [-0.2, 0) is 5.75 Å². The molecule has 3 N–H and O–H groups in total. The molecule has 0 spiro atoms. The Morgan fingerprint density at radius 3 is 3.00 bits per heavy atom. The number of aromatic nitrogens is 5. The minimum Gasteiger partial charge on any atom is -0.368 e. The van der Waals surface area contributed by atoms with Crippen molar-refractivity contribution in [3.05, 3.63) is 40.3 Å². The molecule has 11 heteroatoms. The summed E-state index contributed by atoms with van der Waals surface area (Å²) in [6.45, 7) is 0. The molecule has 0 aliphatic rings. The largest absolute Gasteiger partial charge is 0.368 e. The standard InChI is InChI=1S/C11H9N7O3S/c12-10-14-11(16-15-10)22-5-8-13-9(17-21-8)6-2-1-3-7(4-6)18(19)20/h1-4H,5H2,(H3,12,14,15,16). The van der Waals surface area contributed by atoms with Crippen molar-refractivity contribution in [3.63, 3.8) is 0 Å². The third kappa shape index (κ3) is 3.03. The molecule has 0 saturated carbocycles. The fraction of sp³-hybridized carbons (Fsp3) is 0.0909. The van der Waals surface area contributed by atoms with E-state index in [0.717, 1.165) is 0 Å². The van der Waals surface area contributed by atoms with Crippen LogP contribution in [0.4, 0.5) is 11.6 Å². The second-order valence-corrected chi connectivity index (χ2v) is 5.05. The fourth-order valence-electron chi connectivity index (χ4n) is 1.64. The van der Waals surface area contributed by atoms with Crippen molar-refractivity contribution in [1.82, 2.24) is 25.3 Å². The lowest BCUT2D eigenvalue weighted by Crippen LogP contribution is -1.89. The number of hydrogen-bond acceptors (Lipinski definition) is 9. The fourth-order valence-corrected chi connectivity index (χ4v) is 2.28. The first-order valence-electron chi connectivity index (χ1n) is 6.00. The summed E-state index contributed by atoms with van der Waals surface area (Å²) < 4.78 is 5.10. The maximum atomic E-state index is 10.8. The molecule has 0 atom stereocenters. The monoisotopic (exact) mass is 319 g/mol. The average Bonchev–Trinajstić information content (AvgIpc) is 3.14. The molecule has 3 aromatic rings. The second kappa shape index (κ2) is 5.81. The van der Waals surface area contributed by atoms with E-state index in [1.807, 2.05) is 0 Å². The lowest BCUT2D eigenvalue weighted by molar-refractivity contribution is -0.384. The normalized spacial score (nSPS) is 10.7. The first-order chi connectivity index (χ1) is 10.6. The zero-order valence-corrected chi connectivity index (χ0v) is 11.8. The molecule has 0 unspecified atom stereocenters. The predicted octanol–water partition coefficient (Wildman–Crippen LogP) is 1.64. The van der Waals surface area contributed by atoms with Crippen LogP contribution in [0.2, 0.25) is 0 Å². The van der Waals surface area contributed by atoms with Gasteiger partial charge in [-0.05, 0) is 0 Å². The van der Waals surface area contributed by atoms with Gasteiger partial charge in [-0.1, -0.05) is 29.1 Å². The van der Waals surface area contributed by atoms with E-state index >= 15 is 0 Å². The molecule has 2 aromatic heterocycles. The van der Waals surface area contributed by atoms with Crippen LogP contribution in [0.15, 0.2) is 33.9 Å². The van der Waals surface area contributed by atoms with Crippen molar-refractivity contribution in [2.75, 3.05) is 5.73 Å². The summed E-state index contributed by atoms with van der Waals surface area (Å²) in [5.74, 6) is 1.23. The summed E-state index contributed by atoms with van der Waals surface area (Å²) in [6.07, 6.45) is 0. The third-order valence-electron chi connectivity index (χ3n) is 2.59. The van der Waals surface area contributed by atoms with E-state index in [9.17, 15) is 10.1 Å². The van der Waals surface area contributed by atoms with E-state index < -0.39 is 4.92 Å². The molecule has 0 aliphatic carbocycles. The highest BCUT2D eigenvalue weighted by atomic mass is 32.2. The summed E-state index contributed by atoms with van der Waals surface area (Å²) in [5, 5.41) is 21.4. The number of anilines is 1. The number of nitrogens with two attached hydrogens (primary N) is 1. The number of nitrogens with one attached hydrogen (secondary N) is 1. The number of rotatable bonds is 5. The number of hydrogen-bond donors (Lipinski definition) is 2. The second-order valence-electron chi connectivity index (χ2n) is 4.11. The zero-order chi connectivity index (χ0) is 15.5. The van der Waals surface area contributed by atoms with Crippen molar-refractivity contribution in [1.29, 1.82) is 0 Å². The molecule has 1 aromatic carbocycles. The van der Waals surface area contributed by atoms with E-state index in [2.05, 4.69) is 25.3 Å². The number of benzene rings is 1. The highest BCUT2D eigenvalue weighted by molar-refractivity contribution is 7.98. The molecule has 3 rings (SSSR count). The van der Waals surface area contributed by atoms with Crippen molar-refractivity contribution in [2.24, 2.45) is 0 Å². The Labute approximate surface area is 127 Å². The lowest BCUT2D eigenvalue weighted by Gasteiger charge is -1.94. The van der Waals surface area contributed by atoms with Crippen molar-refractivity contribution < 1.29 is 9.45 Å². The maximum absolute atomic E-state index is 10.8. The van der Waals surface area contributed by atoms with Gasteiger partial charge in [-0.25, -0.2) is 5.10 Å². The Balaban J connectivity index is 1.73. The first kappa shape index (κ1) is 14.0. The smallest absolute Gasteiger partial charge is 0.270 e. The molecule has 0 bridgehead atoms. The molecule has 2 heterocycles. The van der Waals surface area contributed by atoms with Crippen LogP contribution < -0.4 is 5.73 Å². The van der Waals surface area contributed by atoms with Gasteiger partial charge in [-0.3, -0.25) is 10.1 Å². The highest BCUT2D eigenvalue weighted by Gasteiger charge is 2.13. The third-order valence-corrected chi connectivity index (χ3v) is 3.42. The Hall–Kier alpha value is -2.95. The zero-order valence-electron chi connectivity index (χ0n) is 11.0. The number of aromatic amines is 1. The summed E-state index contributed by atoms with van der Waals surface area (Å²) >= 11 is 1.27. The van der Waals surface area contributed by atoms with Crippen LogP contribution in [0.5, 0.6) is 0 Å². The van der Waals surface area contributed by atoms with Crippen LogP contribution in [0.25, 0.3) is 11.4 Å². The maximum Gasteiger partial charge on any atom is 0.270 e. The Morgan fingerprint density at radius 2 is 2.27 bits per heavy atom. The van der Waals surface area contributed by atoms with Gasteiger partial charge in [-0.2, -0.15) is 9.97 Å². The molecule has 22 heavy (non-hydrogen) atoms. The summed E-state index contributed by atoms with van der Waals surface area (Å²) in [4.78, 5) is 18.4. The minimum absolute atomic E-state index is 0.0329. The lowest BCUT2D eigenvalue weighted by atomic mass is 10.2. The van der Waals surface area contributed by atoms with Crippen LogP contribution in [0.3, 0.4) is 0 Å². The molecule has 0 aliphatic heterocycles. The number of H-pyrrole nitrogens is 1. The van der Waals surface area contributed by atoms with E-state index in [-0.39, 0.29) is 17.5 Å². The van der Waals surface area contributed by atoms with Crippen LogP contribution in [-0.4, -0.2) is 30.2 Å². The van der Waals surface area contributed by atoms with Crippen molar-refractivity contribution in [2.45, 2.75) is 10.9 Å². The molecular formula is C11H9N7O3S. The number of non-ortho nitro benzene ring substituents is 1. The molecule has 0 saturated heterocycles. The van der Waals surface area contributed by atoms with Gasteiger partial charge in [0.25, 0.3) is 5.69 Å². The molecule has 0 amide bonds. The van der Waals surface area contributed by atoms with E-state index in [0.29, 0.717) is 22.4 Å². The molecule has 0 fully saturated rings. The molecular weight excluding hydrogens is 310 g/mol. The van der Waals surface area contributed by atoms with Gasteiger partial charge in [0.2, 0.25) is 22.8 Å². The summed E-state index contributed by atoms with van der Waals surface area (Å²) in [7, 11) is 0. The highest BCUT2D eigenvalue weighted by Crippen LogP contribution is 2.23. The van der Waals surface area contributed by atoms with Gasteiger partial charge in [0.05, 0.1) is 10.7 Å². The Morgan fingerprint density at radius 1 is 1.41 bits per heavy atom. The van der Waals surface area contributed by atoms with Gasteiger partial charge in [0.1, 0.15) is 0 Å². The molecule has 0 radical (unpaired) electrons. The predicted molar refractivity (Wildman–Crippen MR) is 76.7 cm³/mol. The van der Waals surface area contributed by atoms with Gasteiger partial charge < -0.3 is 10.3 Å². The first-order valence-corrected chi connectivity index (χ1v) is 6.98.